The number of nitrogens with one attached hydrogen (secondary N) is 2. The summed E-state index contributed by atoms with van der Waals surface area (Å²) < 4.78 is 6.09. The summed E-state index contributed by atoms with van der Waals surface area (Å²) >= 11 is 0. The fourth-order valence-corrected chi connectivity index (χ4v) is 3.97. The fourth-order valence-electron chi connectivity index (χ4n) is 3.97. The molecule has 0 aromatic heterocycles. The molecule has 0 spiro atoms. The molecule has 0 aliphatic carbocycles. The molecule has 0 bridgehead atoms. The van der Waals surface area contributed by atoms with Crippen LogP contribution in [0.25, 0.3) is 10.8 Å². The number of unbranched alkanes of at least 4 members (excludes halogenated alkanes) is 2. The Hall–Kier alpha value is -2.90. The number of rotatable bonds is 11. The number of benzene rings is 2. The van der Waals surface area contributed by atoms with E-state index in [1.807, 2.05) is 48.5 Å². The Balaban J connectivity index is 1.64. The Labute approximate surface area is 189 Å². The minimum atomic E-state index is -0.395. The monoisotopic (exact) mass is 439 g/mol. The van der Waals surface area contributed by atoms with Gasteiger partial charge in [-0.25, -0.2) is 5.48 Å². The summed E-state index contributed by atoms with van der Waals surface area (Å²) in [6.07, 6.45) is 5.15. The third-order valence-corrected chi connectivity index (χ3v) is 5.85. The van der Waals surface area contributed by atoms with Gasteiger partial charge in [0, 0.05) is 30.9 Å². The molecule has 0 radical (unpaired) electrons. The van der Waals surface area contributed by atoms with Gasteiger partial charge in [0.2, 0.25) is 5.91 Å². The van der Waals surface area contributed by atoms with E-state index in [9.17, 15) is 9.59 Å². The molecule has 1 aliphatic heterocycles. The first-order valence-electron chi connectivity index (χ1n) is 11.4. The van der Waals surface area contributed by atoms with Gasteiger partial charge in [0.1, 0.15) is 12.4 Å². The smallest absolute Gasteiger partial charge is 0.250 e. The Morgan fingerprint density at radius 2 is 2.00 bits per heavy atom. The summed E-state index contributed by atoms with van der Waals surface area (Å²) in [5.41, 5.74) is 2.24. The van der Waals surface area contributed by atoms with Crippen LogP contribution in [0.1, 0.15) is 39.0 Å². The van der Waals surface area contributed by atoms with Crippen molar-refractivity contribution in [2.75, 3.05) is 26.2 Å². The number of nitrogens with zero attached hydrogens (tertiary/aromatic N) is 1. The summed E-state index contributed by atoms with van der Waals surface area (Å²) in [7, 11) is 0. The fraction of sp³-hybridized carbons (Fsp3) is 0.440. The number of carbonyl (C=O) groups excluding carboxylic acids is 2. The van der Waals surface area contributed by atoms with Gasteiger partial charge >= 0.3 is 0 Å². The minimum Gasteiger partial charge on any atom is -0.488 e. The molecular formula is C25H33N3O4. The SMILES string of the molecule is CCN1CCC(NC(=O)C(=CCCCCC(=O)NO)COc2cccc3ccccc23)C1. The summed E-state index contributed by atoms with van der Waals surface area (Å²) in [5, 5.41) is 13.9. The molecule has 3 rings (SSSR count). The lowest BCUT2D eigenvalue weighted by Crippen LogP contribution is -2.38. The minimum absolute atomic E-state index is 0.0960. The summed E-state index contributed by atoms with van der Waals surface area (Å²) in [6.45, 7) is 5.17. The highest BCUT2D eigenvalue weighted by molar-refractivity contribution is 5.94. The Morgan fingerprint density at radius 3 is 2.78 bits per heavy atom. The van der Waals surface area contributed by atoms with Crippen LogP contribution < -0.4 is 15.5 Å². The van der Waals surface area contributed by atoms with Crippen LogP contribution in [0.2, 0.25) is 0 Å². The molecule has 2 aromatic carbocycles. The average Bonchev–Trinajstić information content (AvgIpc) is 3.28. The number of hydroxylamine groups is 1. The molecule has 7 nitrogen and oxygen atoms in total. The second kappa shape index (κ2) is 12.2. The van der Waals surface area contributed by atoms with Gasteiger partial charge in [-0.1, -0.05) is 49.4 Å². The van der Waals surface area contributed by atoms with Crippen molar-refractivity contribution in [2.24, 2.45) is 0 Å². The number of amides is 2. The van der Waals surface area contributed by atoms with Crippen molar-refractivity contribution in [1.29, 1.82) is 0 Å². The molecule has 2 amide bonds. The van der Waals surface area contributed by atoms with Crippen LogP contribution in [0.3, 0.4) is 0 Å². The van der Waals surface area contributed by atoms with E-state index in [0.717, 1.165) is 49.0 Å². The van der Waals surface area contributed by atoms with Crippen LogP contribution in [0, 0.1) is 0 Å². The second-order valence-electron chi connectivity index (χ2n) is 8.13. The number of likely N-dealkylation sites (N-methyl/N-ethyl adjacent to an activating group) is 1. The van der Waals surface area contributed by atoms with E-state index < -0.39 is 5.91 Å². The molecule has 1 saturated heterocycles. The third kappa shape index (κ3) is 6.80. The number of ether oxygens (including phenoxy) is 1. The molecule has 7 heteroatoms. The first kappa shape index (κ1) is 23.8. The number of allylic oxidation sites excluding steroid dienone is 1. The molecule has 32 heavy (non-hydrogen) atoms. The van der Waals surface area contributed by atoms with Crippen molar-refractivity contribution in [1.82, 2.24) is 15.7 Å². The van der Waals surface area contributed by atoms with Crippen LogP contribution in [-0.4, -0.2) is 54.2 Å². The lowest BCUT2D eigenvalue weighted by atomic mass is 10.1. The van der Waals surface area contributed by atoms with Crippen LogP contribution in [0.15, 0.2) is 54.1 Å². The quantitative estimate of drug-likeness (QED) is 0.216. The maximum Gasteiger partial charge on any atom is 0.250 e. The third-order valence-electron chi connectivity index (χ3n) is 5.85. The van der Waals surface area contributed by atoms with E-state index in [4.69, 9.17) is 9.94 Å². The van der Waals surface area contributed by atoms with E-state index >= 15 is 0 Å². The molecule has 1 aliphatic rings. The predicted octanol–water partition coefficient (Wildman–Crippen LogP) is 3.42. The van der Waals surface area contributed by atoms with Gasteiger partial charge in [-0.3, -0.25) is 14.8 Å². The van der Waals surface area contributed by atoms with E-state index in [2.05, 4.69) is 17.1 Å². The maximum absolute atomic E-state index is 13.0. The van der Waals surface area contributed by atoms with Gasteiger partial charge in [-0.15, -0.1) is 0 Å². The van der Waals surface area contributed by atoms with Crippen molar-refractivity contribution >= 4 is 22.6 Å². The lowest BCUT2D eigenvalue weighted by Gasteiger charge is -2.17. The van der Waals surface area contributed by atoms with Gasteiger partial charge < -0.3 is 15.0 Å². The zero-order valence-electron chi connectivity index (χ0n) is 18.7. The van der Waals surface area contributed by atoms with Crippen LogP contribution in [0.5, 0.6) is 5.75 Å². The molecule has 3 N–H and O–H groups in total. The highest BCUT2D eigenvalue weighted by Gasteiger charge is 2.24. The highest BCUT2D eigenvalue weighted by atomic mass is 16.5. The predicted molar refractivity (Wildman–Crippen MR) is 125 cm³/mol. The van der Waals surface area contributed by atoms with Gasteiger partial charge in [0.05, 0.1) is 5.57 Å². The van der Waals surface area contributed by atoms with Crippen molar-refractivity contribution in [3.05, 3.63) is 54.1 Å². The first-order valence-corrected chi connectivity index (χ1v) is 11.4. The van der Waals surface area contributed by atoms with E-state index in [0.29, 0.717) is 18.4 Å². The van der Waals surface area contributed by atoms with Gasteiger partial charge in [0.25, 0.3) is 5.91 Å². The van der Waals surface area contributed by atoms with Crippen LogP contribution in [0.4, 0.5) is 0 Å². The number of carbonyl (C=O) groups is 2. The van der Waals surface area contributed by atoms with Gasteiger partial charge in [-0.2, -0.15) is 0 Å². The zero-order chi connectivity index (χ0) is 22.8. The van der Waals surface area contributed by atoms with E-state index in [-0.39, 0.29) is 25.0 Å². The normalized spacial score (nSPS) is 16.8. The Morgan fingerprint density at radius 1 is 1.19 bits per heavy atom. The lowest BCUT2D eigenvalue weighted by molar-refractivity contribution is -0.129. The second-order valence-corrected chi connectivity index (χ2v) is 8.13. The first-order chi connectivity index (χ1) is 15.6. The molecule has 2 aromatic rings. The van der Waals surface area contributed by atoms with E-state index in [1.165, 1.54) is 0 Å². The molecule has 1 unspecified atom stereocenters. The summed E-state index contributed by atoms with van der Waals surface area (Å²) in [4.78, 5) is 26.5. The van der Waals surface area contributed by atoms with E-state index in [1.54, 1.807) is 5.48 Å². The zero-order valence-corrected chi connectivity index (χ0v) is 18.7. The Kier molecular flexibility index (Phi) is 9.07. The Bertz CT molecular complexity index is 938. The van der Waals surface area contributed by atoms with Crippen LogP contribution >= 0.6 is 0 Å². The number of fused-ring (bicyclic) bond motifs is 1. The standard InChI is InChI=1S/C25H33N3O4/c1-2-28-16-15-21(17-28)26-25(30)20(10-4-3-5-14-24(29)27-31)18-32-23-13-8-11-19-9-6-7-12-22(19)23/h6-13,21,31H,2-5,14-18H2,1H3,(H,26,30)(H,27,29). The van der Waals surface area contributed by atoms with Gasteiger partial charge in [-0.05, 0) is 43.7 Å². The number of hydrogen-bond acceptors (Lipinski definition) is 5. The van der Waals surface area contributed by atoms with Crippen molar-refractivity contribution in [2.45, 2.75) is 45.1 Å². The highest BCUT2D eigenvalue weighted by Crippen LogP contribution is 2.25. The molecular weight excluding hydrogens is 406 g/mol. The summed E-state index contributed by atoms with van der Waals surface area (Å²) in [5.74, 6) is 0.258. The average molecular weight is 440 g/mol. The summed E-state index contributed by atoms with van der Waals surface area (Å²) in [6, 6.07) is 14.1. The van der Waals surface area contributed by atoms with Gasteiger partial charge in [0.15, 0.2) is 0 Å². The molecule has 1 heterocycles. The molecule has 172 valence electrons. The largest absolute Gasteiger partial charge is 0.488 e. The maximum atomic E-state index is 13.0. The topological polar surface area (TPSA) is 90.9 Å². The van der Waals surface area contributed by atoms with Crippen LogP contribution in [-0.2, 0) is 9.59 Å². The van der Waals surface area contributed by atoms with Crippen molar-refractivity contribution < 1.29 is 19.5 Å². The number of hydrogen-bond donors (Lipinski definition) is 3. The molecule has 1 atom stereocenters. The number of likely N-dealkylation sites (tertiary alicyclic amines) is 1. The molecule has 1 fully saturated rings. The van der Waals surface area contributed by atoms with Crippen molar-refractivity contribution in [3.8, 4) is 5.75 Å². The van der Waals surface area contributed by atoms with Crippen molar-refractivity contribution in [3.63, 3.8) is 0 Å². The molecule has 0 saturated carbocycles.